The summed E-state index contributed by atoms with van der Waals surface area (Å²) in [6, 6.07) is 7.95. The van der Waals surface area contributed by atoms with Gasteiger partial charge in [-0.15, -0.1) is 11.3 Å². The Labute approximate surface area is 140 Å². The number of thiophene rings is 1. The number of ether oxygens (including phenoxy) is 3. The fourth-order valence-corrected chi connectivity index (χ4v) is 3.33. The van der Waals surface area contributed by atoms with Gasteiger partial charge in [0.2, 0.25) is 6.79 Å². The van der Waals surface area contributed by atoms with Crippen LogP contribution in [0.5, 0.6) is 11.5 Å². The summed E-state index contributed by atoms with van der Waals surface area (Å²) < 4.78 is 16.2. The van der Waals surface area contributed by atoms with Crippen molar-refractivity contribution in [2.75, 3.05) is 13.4 Å². The molecule has 3 rings (SSSR count). The van der Waals surface area contributed by atoms with Gasteiger partial charge in [0.05, 0.1) is 13.0 Å². The molecule has 0 saturated heterocycles. The van der Waals surface area contributed by atoms with Crippen LogP contribution in [0.1, 0.15) is 29.3 Å². The van der Waals surface area contributed by atoms with Gasteiger partial charge in [-0.05, 0) is 41.1 Å². The van der Waals surface area contributed by atoms with Crippen LogP contribution in [-0.2, 0) is 28.8 Å². The van der Waals surface area contributed by atoms with Gasteiger partial charge in [-0.1, -0.05) is 19.4 Å². The Balaban J connectivity index is 1.58. The minimum Gasteiger partial charge on any atom is -0.465 e. The molecular formula is C18H20O4S. The molecule has 122 valence electrons. The smallest absolute Gasteiger partial charge is 0.311 e. The SMILES string of the molecule is CCCc1cc2c(cc1CCOC(=O)Cc1cccs1)OCO2. The highest BCUT2D eigenvalue weighted by atomic mass is 32.1. The number of carbonyl (C=O) groups excluding carboxylic acids is 1. The zero-order chi connectivity index (χ0) is 16.1. The third-order valence-electron chi connectivity index (χ3n) is 3.75. The van der Waals surface area contributed by atoms with Crippen LogP contribution in [0.2, 0.25) is 0 Å². The maximum Gasteiger partial charge on any atom is 0.311 e. The van der Waals surface area contributed by atoms with Crippen LogP contribution in [0.3, 0.4) is 0 Å². The first-order chi connectivity index (χ1) is 11.3. The summed E-state index contributed by atoms with van der Waals surface area (Å²) in [7, 11) is 0. The van der Waals surface area contributed by atoms with Gasteiger partial charge < -0.3 is 14.2 Å². The van der Waals surface area contributed by atoms with E-state index in [4.69, 9.17) is 14.2 Å². The molecule has 2 aromatic rings. The third kappa shape index (κ3) is 4.05. The molecule has 0 unspecified atom stereocenters. The Kier molecular flexibility index (Phi) is 5.18. The second-order valence-electron chi connectivity index (χ2n) is 5.45. The van der Waals surface area contributed by atoms with Gasteiger partial charge in [0.25, 0.3) is 0 Å². The summed E-state index contributed by atoms with van der Waals surface area (Å²) in [5.74, 6) is 1.42. The van der Waals surface area contributed by atoms with E-state index in [0.29, 0.717) is 19.4 Å². The normalized spacial score (nSPS) is 12.4. The zero-order valence-electron chi connectivity index (χ0n) is 13.2. The maximum atomic E-state index is 11.8. The van der Waals surface area contributed by atoms with Crippen molar-refractivity contribution in [3.05, 3.63) is 45.6 Å². The first-order valence-electron chi connectivity index (χ1n) is 7.85. The summed E-state index contributed by atoms with van der Waals surface area (Å²) >= 11 is 1.57. The molecule has 0 spiro atoms. The van der Waals surface area contributed by atoms with Crippen molar-refractivity contribution in [2.45, 2.75) is 32.6 Å². The Morgan fingerprint density at radius 1 is 1.22 bits per heavy atom. The van der Waals surface area contributed by atoms with E-state index in [1.165, 1.54) is 11.1 Å². The molecule has 0 radical (unpaired) electrons. The molecule has 1 aliphatic heterocycles. The molecule has 0 N–H and O–H groups in total. The van der Waals surface area contributed by atoms with E-state index in [1.54, 1.807) is 11.3 Å². The number of rotatable bonds is 7. The van der Waals surface area contributed by atoms with E-state index in [9.17, 15) is 4.79 Å². The summed E-state index contributed by atoms with van der Waals surface area (Å²) in [5, 5.41) is 1.96. The highest BCUT2D eigenvalue weighted by molar-refractivity contribution is 7.10. The van der Waals surface area contributed by atoms with E-state index >= 15 is 0 Å². The molecule has 0 atom stereocenters. The van der Waals surface area contributed by atoms with Crippen molar-refractivity contribution < 1.29 is 19.0 Å². The number of benzene rings is 1. The molecular weight excluding hydrogens is 312 g/mol. The monoisotopic (exact) mass is 332 g/mol. The highest BCUT2D eigenvalue weighted by Crippen LogP contribution is 2.35. The van der Waals surface area contributed by atoms with Crippen LogP contribution < -0.4 is 9.47 Å². The second kappa shape index (κ2) is 7.51. The summed E-state index contributed by atoms with van der Waals surface area (Å²) in [6.45, 7) is 2.82. The Morgan fingerprint density at radius 2 is 1.96 bits per heavy atom. The van der Waals surface area contributed by atoms with Gasteiger partial charge in [-0.25, -0.2) is 0 Å². The molecule has 4 nitrogen and oxygen atoms in total. The molecule has 0 bridgehead atoms. The summed E-state index contributed by atoms with van der Waals surface area (Å²) in [6.07, 6.45) is 3.09. The number of aryl methyl sites for hydroxylation is 1. The Morgan fingerprint density at radius 3 is 2.61 bits per heavy atom. The van der Waals surface area contributed by atoms with Gasteiger partial charge >= 0.3 is 5.97 Å². The second-order valence-corrected chi connectivity index (χ2v) is 6.48. The Hall–Kier alpha value is -2.01. The molecule has 0 aliphatic carbocycles. The predicted octanol–water partition coefficient (Wildman–Crippen LogP) is 3.76. The number of fused-ring (bicyclic) bond motifs is 1. The van der Waals surface area contributed by atoms with Crippen molar-refractivity contribution in [3.8, 4) is 11.5 Å². The summed E-state index contributed by atoms with van der Waals surface area (Å²) in [5.41, 5.74) is 2.41. The van der Waals surface area contributed by atoms with Crippen molar-refractivity contribution in [2.24, 2.45) is 0 Å². The maximum absolute atomic E-state index is 11.8. The summed E-state index contributed by atoms with van der Waals surface area (Å²) in [4.78, 5) is 12.9. The van der Waals surface area contributed by atoms with Crippen molar-refractivity contribution in [3.63, 3.8) is 0 Å². The van der Waals surface area contributed by atoms with Gasteiger partial charge in [0.1, 0.15) is 0 Å². The largest absolute Gasteiger partial charge is 0.465 e. The number of hydrogen-bond donors (Lipinski definition) is 0. The van der Waals surface area contributed by atoms with Crippen molar-refractivity contribution in [1.29, 1.82) is 0 Å². The van der Waals surface area contributed by atoms with E-state index in [2.05, 4.69) is 13.0 Å². The molecule has 5 heteroatoms. The van der Waals surface area contributed by atoms with Crippen molar-refractivity contribution >= 4 is 17.3 Å². The van der Waals surface area contributed by atoms with Crippen LogP contribution in [0.15, 0.2) is 29.6 Å². The molecule has 1 aromatic carbocycles. The van der Waals surface area contributed by atoms with E-state index in [-0.39, 0.29) is 12.8 Å². The van der Waals surface area contributed by atoms with Gasteiger partial charge in [0, 0.05) is 11.3 Å². The van der Waals surface area contributed by atoms with E-state index in [0.717, 1.165) is 29.2 Å². The van der Waals surface area contributed by atoms with Crippen LogP contribution in [0.4, 0.5) is 0 Å². The van der Waals surface area contributed by atoms with Crippen LogP contribution in [-0.4, -0.2) is 19.4 Å². The standard InChI is InChI=1S/C18H20O4S/c1-2-4-13-9-16-17(22-12-21-16)10-14(13)6-7-20-18(19)11-15-5-3-8-23-15/h3,5,8-10H,2,4,6-7,11-12H2,1H3. The average Bonchev–Trinajstić information content (AvgIpc) is 3.18. The van der Waals surface area contributed by atoms with Gasteiger partial charge in [0.15, 0.2) is 11.5 Å². The highest BCUT2D eigenvalue weighted by Gasteiger charge is 2.17. The topological polar surface area (TPSA) is 44.8 Å². The van der Waals surface area contributed by atoms with Gasteiger partial charge in [-0.2, -0.15) is 0 Å². The molecule has 1 aliphatic rings. The third-order valence-corrected chi connectivity index (χ3v) is 4.62. The van der Waals surface area contributed by atoms with Crippen LogP contribution in [0, 0.1) is 0 Å². The lowest BCUT2D eigenvalue weighted by atomic mass is 10.00. The fraction of sp³-hybridized carbons (Fsp3) is 0.389. The average molecular weight is 332 g/mol. The van der Waals surface area contributed by atoms with Crippen LogP contribution >= 0.6 is 11.3 Å². The van der Waals surface area contributed by atoms with Crippen LogP contribution in [0.25, 0.3) is 0 Å². The molecule has 2 heterocycles. The molecule has 0 amide bonds. The predicted molar refractivity (Wildman–Crippen MR) is 89.2 cm³/mol. The first kappa shape index (κ1) is 15.9. The van der Waals surface area contributed by atoms with E-state index < -0.39 is 0 Å². The fourth-order valence-electron chi connectivity index (χ4n) is 2.64. The first-order valence-corrected chi connectivity index (χ1v) is 8.73. The lowest BCUT2D eigenvalue weighted by Crippen LogP contribution is -2.10. The van der Waals surface area contributed by atoms with Crippen molar-refractivity contribution in [1.82, 2.24) is 0 Å². The van der Waals surface area contributed by atoms with E-state index in [1.807, 2.05) is 23.6 Å². The van der Waals surface area contributed by atoms with Gasteiger partial charge in [-0.3, -0.25) is 4.79 Å². The number of carbonyl (C=O) groups is 1. The molecule has 0 fully saturated rings. The Bertz CT molecular complexity index is 664. The zero-order valence-corrected chi connectivity index (χ0v) is 14.0. The minimum absolute atomic E-state index is 0.176. The minimum atomic E-state index is -0.176. The number of esters is 1. The molecule has 1 aromatic heterocycles. The lowest BCUT2D eigenvalue weighted by Gasteiger charge is -2.11. The quantitative estimate of drug-likeness (QED) is 0.724. The number of hydrogen-bond acceptors (Lipinski definition) is 5. The molecule has 23 heavy (non-hydrogen) atoms. The lowest BCUT2D eigenvalue weighted by molar-refractivity contribution is -0.142. The molecule has 0 saturated carbocycles.